The van der Waals surface area contributed by atoms with Gasteiger partial charge in [0.15, 0.2) is 5.75 Å². The van der Waals surface area contributed by atoms with Gasteiger partial charge in [0, 0.05) is 0 Å². The average Bonchev–Trinajstić information content (AvgIpc) is 2.25. The summed E-state index contributed by atoms with van der Waals surface area (Å²) in [5.41, 5.74) is 0. The first-order valence-electron chi connectivity index (χ1n) is 4.50. The molecule has 0 fully saturated rings. The Morgan fingerprint density at radius 2 is 1.88 bits per heavy atom. The number of hydrogen-bond donors (Lipinski definition) is 0. The number of hydrogen-bond acceptors (Lipinski definition) is 2. The standard InChI is InChI=1S/C10H10F3O2S/c1-2-16(8-6-4-3-5-7-8)15-9(14)10(11,12)13/h3-7H,2H2,1H3/q+1. The fourth-order valence-corrected chi connectivity index (χ4v) is 2.27. The molecule has 1 aromatic rings. The largest absolute Gasteiger partial charge is 0.496 e. The minimum atomic E-state index is -4.94. The van der Waals surface area contributed by atoms with Crippen LogP contribution in [0, 0.1) is 0 Å². The summed E-state index contributed by atoms with van der Waals surface area (Å²) in [4.78, 5) is 11.3. The van der Waals surface area contributed by atoms with E-state index in [1.54, 1.807) is 37.3 Å². The fourth-order valence-electron chi connectivity index (χ4n) is 0.985. The van der Waals surface area contributed by atoms with Gasteiger partial charge in [0.2, 0.25) is 16.1 Å². The second-order valence-corrected chi connectivity index (χ2v) is 4.72. The molecule has 0 aromatic heterocycles. The van der Waals surface area contributed by atoms with Gasteiger partial charge in [-0.05, 0) is 19.1 Å². The lowest BCUT2D eigenvalue weighted by Gasteiger charge is -2.05. The van der Waals surface area contributed by atoms with Crippen molar-refractivity contribution in [2.24, 2.45) is 0 Å². The third kappa shape index (κ3) is 3.44. The maximum atomic E-state index is 12.0. The normalized spacial score (nSPS) is 13.2. The van der Waals surface area contributed by atoms with Crippen molar-refractivity contribution in [1.29, 1.82) is 0 Å². The molecule has 16 heavy (non-hydrogen) atoms. The second-order valence-electron chi connectivity index (χ2n) is 2.82. The molecule has 0 amide bonds. The first-order valence-corrected chi connectivity index (χ1v) is 5.82. The monoisotopic (exact) mass is 251 g/mol. The lowest BCUT2D eigenvalue weighted by atomic mass is 10.4. The van der Waals surface area contributed by atoms with Crippen LogP contribution < -0.4 is 0 Å². The Bertz CT molecular complexity index is 351. The van der Waals surface area contributed by atoms with Crippen molar-refractivity contribution in [3.8, 4) is 0 Å². The zero-order chi connectivity index (χ0) is 12.2. The van der Waals surface area contributed by atoms with Crippen LogP contribution in [0.3, 0.4) is 0 Å². The van der Waals surface area contributed by atoms with Gasteiger partial charge in [-0.1, -0.05) is 18.2 Å². The zero-order valence-electron chi connectivity index (χ0n) is 8.45. The molecule has 88 valence electrons. The highest BCUT2D eigenvalue weighted by Gasteiger charge is 2.46. The van der Waals surface area contributed by atoms with Gasteiger partial charge in [-0.25, -0.2) is 8.98 Å². The van der Waals surface area contributed by atoms with Crippen molar-refractivity contribution >= 4 is 17.1 Å². The van der Waals surface area contributed by atoms with Gasteiger partial charge in [-0.2, -0.15) is 13.2 Å². The summed E-state index contributed by atoms with van der Waals surface area (Å²) < 4.78 is 40.4. The van der Waals surface area contributed by atoms with E-state index in [0.29, 0.717) is 10.6 Å². The maximum Gasteiger partial charge on any atom is 0.496 e. The molecule has 1 unspecified atom stereocenters. The molecule has 0 N–H and O–H groups in total. The predicted octanol–water partition coefficient (Wildman–Crippen LogP) is 2.70. The van der Waals surface area contributed by atoms with Crippen molar-refractivity contribution < 1.29 is 22.1 Å². The van der Waals surface area contributed by atoms with E-state index in [1.807, 2.05) is 0 Å². The van der Waals surface area contributed by atoms with Crippen LogP contribution in [0.5, 0.6) is 0 Å². The van der Waals surface area contributed by atoms with E-state index in [4.69, 9.17) is 0 Å². The molecule has 1 rings (SSSR count). The van der Waals surface area contributed by atoms with Crippen molar-refractivity contribution in [3.05, 3.63) is 30.3 Å². The fraction of sp³-hybridized carbons (Fsp3) is 0.300. The summed E-state index contributed by atoms with van der Waals surface area (Å²) in [5.74, 6) is -1.81. The quantitative estimate of drug-likeness (QED) is 0.772. The van der Waals surface area contributed by atoms with Gasteiger partial charge >= 0.3 is 12.1 Å². The van der Waals surface area contributed by atoms with Crippen LogP contribution >= 0.6 is 0 Å². The maximum absolute atomic E-state index is 12.0. The zero-order valence-corrected chi connectivity index (χ0v) is 9.27. The van der Waals surface area contributed by atoms with Crippen molar-refractivity contribution in [2.45, 2.75) is 18.0 Å². The molecule has 1 aromatic carbocycles. The molecular weight excluding hydrogens is 241 g/mol. The van der Waals surface area contributed by atoms with Crippen LogP contribution in [0.1, 0.15) is 6.92 Å². The van der Waals surface area contributed by atoms with Crippen LogP contribution in [0.25, 0.3) is 0 Å². The smallest absolute Gasteiger partial charge is 0.235 e. The predicted molar refractivity (Wildman–Crippen MR) is 54.8 cm³/mol. The Hall–Kier alpha value is -1.17. The van der Waals surface area contributed by atoms with Crippen molar-refractivity contribution in [1.82, 2.24) is 0 Å². The molecule has 0 aliphatic carbocycles. The second kappa shape index (κ2) is 5.25. The average molecular weight is 251 g/mol. The first-order chi connectivity index (χ1) is 7.45. The molecule has 0 radical (unpaired) electrons. The number of halogens is 3. The van der Waals surface area contributed by atoms with Gasteiger partial charge < -0.3 is 0 Å². The number of alkyl halides is 3. The first kappa shape index (κ1) is 12.9. The van der Waals surface area contributed by atoms with E-state index in [9.17, 15) is 18.0 Å². The highest BCUT2D eigenvalue weighted by atomic mass is 32.2. The Morgan fingerprint density at radius 3 is 2.31 bits per heavy atom. The Labute approximate surface area is 94.0 Å². The minimum absolute atomic E-state index is 0.325. The Kier molecular flexibility index (Phi) is 4.23. The van der Waals surface area contributed by atoms with Gasteiger partial charge in [-0.3, -0.25) is 0 Å². The molecule has 0 saturated carbocycles. The number of carbonyl (C=O) groups is 1. The molecular formula is C10H10F3O2S+. The summed E-state index contributed by atoms with van der Waals surface area (Å²) in [6.45, 7) is 1.67. The summed E-state index contributed by atoms with van der Waals surface area (Å²) in [7, 11) is 0. The molecule has 0 aliphatic heterocycles. The van der Waals surface area contributed by atoms with Gasteiger partial charge in [0.1, 0.15) is 0 Å². The van der Waals surface area contributed by atoms with Crippen LogP contribution in [0.4, 0.5) is 13.2 Å². The van der Waals surface area contributed by atoms with E-state index in [-0.39, 0.29) is 0 Å². The van der Waals surface area contributed by atoms with Crippen LogP contribution in [0.2, 0.25) is 0 Å². The summed E-state index contributed by atoms with van der Waals surface area (Å²) in [5, 5.41) is 0. The van der Waals surface area contributed by atoms with E-state index in [0.717, 1.165) is 0 Å². The van der Waals surface area contributed by atoms with E-state index >= 15 is 0 Å². The lowest BCUT2D eigenvalue weighted by Crippen LogP contribution is -2.28. The van der Waals surface area contributed by atoms with Crippen molar-refractivity contribution in [2.75, 3.05) is 5.75 Å². The van der Waals surface area contributed by atoms with E-state index < -0.39 is 23.3 Å². The van der Waals surface area contributed by atoms with E-state index in [2.05, 4.69) is 4.18 Å². The van der Waals surface area contributed by atoms with Gasteiger partial charge in [0.05, 0.1) is 0 Å². The van der Waals surface area contributed by atoms with Crippen molar-refractivity contribution in [3.63, 3.8) is 0 Å². The summed E-state index contributed by atoms with van der Waals surface area (Å²) in [6, 6.07) is 8.39. The molecule has 1 atom stereocenters. The highest BCUT2D eigenvalue weighted by Crippen LogP contribution is 2.22. The molecule has 0 saturated heterocycles. The Morgan fingerprint density at radius 1 is 1.31 bits per heavy atom. The van der Waals surface area contributed by atoms with Gasteiger partial charge in [0.25, 0.3) is 0 Å². The topological polar surface area (TPSA) is 26.3 Å². The number of carbonyl (C=O) groups excluding carboxylic acids is 1. The molecule has 0 spiro atoms. The summed E-state index contributed by atoms with van der Waals surface area (Å²) >= 11 is -1.14. The number of rotatable bonds is 3. The highest BCUT2D eigenvalue weighted by molar-refractivity contribution is 7.92. The lowest BCUT2D eigenvalue weighted by molar-refractivity contribution is -0.188. The van der Waals surface area contributed by atoms with Crippen LogP contribution in [0.15, 0.2) is 35.2 Å². The van der Waals surface area contributed by atoms with E-state index in [1.165, 1.54) is 0 Å². The molecule has 0 aliphatic rings. The van der Waals surface area contributed by atoms with Crippen LogP contribution in [-0.4, -0.2) is 17.9 Å². The molecule has 0 heterocycles. The third-order valence-electron chi connectivity index (χ3n) is 1.68. The molecule has 0 bridgehead atoms. The molecule has 6 heteroatoms. The molecule has 2 nitrogen and oxygen atoms in total. The third-order valence-corrected chi connectivity index (χ3v) is 3.35. The Balaban J connectivity index is 2.75. The number of benzene rings is 1. The van der Waals surface area contributed by atoms with Crippen LogP contribution in [-0.2, 0) is 20.2 Å². The minimum Gasteiger partial charge on any atom is -0.235 e. The van der Waals surface area contributed by atoms with Gasteiger partial charge in [-0.15, -0.1) is 0 Å². The SMILES string of the molecule is CC[S+](OC(=O)C(F)(F)F)c1ccccc1. The summed E-state index contributed by atoms with van der Waals surface area (Å²) in [6.07, 6.45) is -4.94.